The van der Waals surface area contributed by atoms with Gasteiger partial charge < -0.3 is 0 Å². The average Bonchev–Trinajstić information content (AvgIpc) is 2.92. The second kappa shape index (κ2) is 7.42. The van der Waals surface area contributed by atoms with Crippen molar-refractivity contribution in [2.24, 2.45) is 0 Å². The maximum atomic E-state index is 4.65. The molecule has 0 unspecified atom stereocenters. The summed E-state index contributed by atoms with van der Waals surface area (Å²) in [6.07, 6.45) is 7.31. The van der Waals surface area contributed by atoms with Crippen molar-refractivity contribution in [3.05, 3.63) is 110 Å². The molecule has 0 aliphatic carbocycles. The second-order valence-electron chi connectivity index (χ2n) is 8.37. The number of aromatic nitrogens is 4. The van der Waals surface area contributed by atoms with Gasteiger partial charge in [0.2, 0.25) is 0 Å². The fourth-order valence-electron chi connectivity index (χ4n) is 4.86. The molecule has 0 amide bonds. The van der Waals surface area contributed by atoms with Crippen LogP contribution in [-0.2, 0) is 0 Å². The van der Waals surface area contributed by atoms with Crippen LogP contribution in [0.2, 0.25) is 0 Å². The highest BCUT2D eigenvalue weighted by Gasteiger charge is 2.13. The first kappa shape index (κ1) is 18.8. The number of hydrogen-bond donors (Lipinski definition) is 0. The van der Waals surface area contributed by atoms with Gasteiger partial charge in [0.25, 0.3) is 0 Å². The van der Waals surface area contributed by atoms with Crippen molar-refractivity contribution >= 4 is 43.6 Å². The molecule has 0 aliphatic rings. The molecule has 0 fully saturated rings. The van der Waals surface area contributed by atoms with Crippen molar-refractivity contribution in [2.75, 3.05) is 0 Å². The number of fused-ring (bicyclic) bond motifs is 6. The molecule has 4 heteroatoms. The third kappa shape index (κ3) is 2.86. The SMILES string of the molecule is c1cnc2c(c1)cc(-c1ccc(-c3cc4cccnc4c4ncccc34)cc1)c1cccnc12. The first-order chi connectivity index (χ1) is 16.9. The summed E-state index contributed by atoms with van der Waals surface area (Å²) >= 11 is 0. The fraction of sp³-hybridized carbons (Fsp3) is 0. The zero-order valence-corrected chi connectivity index (χ0v) is 18.2. The highest BCUT2D eigenvalue weighted by atomic mass is 14.7. The topological polar surface area (TPSA) is 51.6 Å². The van der Waals surface area contributed by atoms with Crippen LogP contribution in [0.25, 0.3) is 65.9 Å². The van der Waals surface area contributed by atoms with E-state index in [4.69, 9.17) is 0 Å². The lowest BCUT2D eigenvalue weighted by Gasteiger charge is -2.12. The van der Waals surface area contributed by atoms with Crippen molar-refractivity contribution in [2.45, 2.75) is 0 Å². The lowest BCUT2D eigenvalue weighted by molar-refractivity contribution is 1.37. The van der Waals surface area contributed by atoms with E-state index in [1.54, 1.807) is 0 Å². The molecule has 0 saturated heterocycles. The van der Waals surface area contributed by atoms with Crippen molar-refractivity contribution in [1.82, 2.24) is 19.9 Å². The van der Waals surface area contributed by atoms with Crippen LogP contribution < -0.4 is 0 Å². The van der Waals surface area contributed by atoms with E-state index >= 15 is 0 Å². The molecule has 0 spiro atoms. The van der Waals surface area contributed by atoms with E-state index in [2.05, 4.69) is 80.6 Å². The molecule has 0 atom stereocenters. The summed E-state index contributed by atoms with van der Waals surface area (Å²) in [4.78, 5) is 18.5. The van der Waals surface area contributed by atoms with Crippen molar-refractivity contribution in [1.29, 1.82) is 0 Å². The van der Waals surface area contributed by atoms with Gasteiger partial charge in [-0.1, -0.05) is 48.5 Å². The summed E-state index contributed by atoms with van der Waals surface area (Å²) in [6, 6.07) is 29.5. The molecule has 0 aliphatic heterocycles. The molecule has 0 saturated carbocycles. The van der Waals surface area contributed by atoms with Crippen molar-refractivity contribution in [3.63, 3.8) is 0 Å². The van der Waals surface area contributed by atoms with Crippen LogP contribution in [0.3, 0.4) is 0 Å². The molecule has 0 bridgehead atoms. The Labute approximate surface area is 195 Å². The molecular formula is C30H18N4. The molecule has 0 radical (unpaired) electrons. The van der Waals surface area contributed by atoms with Gasteiger partial charge in [0.15, 0.2) is 0 Å². The molecule has 4 aromatic heterocycles. The summed E-state index contributed by atoms with van der Waals surface area (Å²) < 4.78 is 0. The number of rotatable bonds is 2. The van der Waals surface area contributed by atoms with Gasteiger partial charge in [-0.15, -0.1) is 0 Å². The molecule has 7 aromatic rings. The molecule has 4 heterocycles. The minimum absolute atomic E-state index is 0.929. The van der Waals surface area contributed by atoms with E-state index < -0.39 is 0 Å². The van der Waals surface area contributed by atoms with E-state index in [0.717, 1.165) is 65.9 Å². The number of hydrogen-bond acceptors (Lipinski definition) is 4. The zero-order chi connectivity index (χ0) is 22.5. The Kier molecular flexibility index (Phi) is 4.11. The third-order valence-electron chi connectivity index (χ3n) is 6.43. The molecule has 34 heavy (non-hydrogen) atoms. The Bertz CT molecular complexity index is 1720. The molecular weight excluding hydrogens is 416 g/mol. The monoisotopic (exact) mass is 434 g/mol. The standard InChI is InChI=1S/C30H18N4/c1-5-21-17-25(23-7-3-15-33-29(23)27(21)31-13-1)19-9-11-20(12-10-19)26-18-22-6-2-14-32-28(22)30-24(26)8-4-16-34-30/h1-18H. The van der Waals surface area contributed by atoms with Gasteiger partial charge in [-0.2, -0.15) is 0 Å². The van der Waals surface area contributed by atoms with Crippen molar-refractivity contribution in [3.8, 4) is 22.3 Å². The maximum absolute atomic E-state index is 4.65. The lowest BCUT2D eigenvalue weighted by Crippen LogP contribution is -1.90. The van der Waals surface area contributed by atoms with Crippen LogP contribution in [0.15, 0.2) is 110 Å². The Balaban J connectivity index is 1.43. The van der Waals surface area contributed by atoms with E-state index in [-0.39, 0.29) is 0 Å². The zero-order valence-electron chi connectivity index (χ0n) is 18.2. The van der Waals surface area contributed by atoms with Gasteiger partial charge >= 0.3 is 0 Å². The minimum Gasteiger partial charge on any atom is -0.254 e. The molecule has 158 valence electrons. The lowest BCUT2D eigenvalue weighted by atomic mass is 9.94. The molecule has 3 aromatic carbocycles. The van der Waals surface area contributed by atoms with E-state index in [1.807, 2.05) is 49.1 Å². The molecule has 7 rings (SSSR count). The van der Waals surface area contributed by atoms with Gasteiger partial charge in [-0.3, -0.25) is 19.9 Å². The predicted molar refractivity (Wildman–Crippen MR) is 139 cm³/mol. The molecule has 0 N–H and O–H groups in total. The van der Waals surface area contributed by atoms with Gasteiger partial charge in [0, 0.05) is 46.3 Å². The van der Waals surface area contributed by atoms with E-state index in [9.17, 15) is 0 Å². The first-order valence-electron chi connectivity index (χ1n) is 11.2. The summed E-state index contributed by atoms with van der Waals surface area (Å²) in [5, 5.41) is 4.39. The Morgan fingerprint density at radius 3 is 1.21 bits per heavy atom. The quantitative estimate of drug-likeness (QED) is 0.270. The van der Waals surface area contributed by atoms with Gasteiger partial charge in [0.1, 0.15) is 0 Å². The van der Waals surface area contributed by atoms with Crippen LogP contribution in [0.4, 0.5) is 0 Å². The fourth-order valence-corrected chi connectivity index (χ4v) is 4.86. The van der Waals surface area contributed by atoms with Crippen LogP contribution in [0, 0.1) is 0 Å². The summed E-state index contributed by atoms with van der Waals surface area (Å²) in [5.74, 6) is 0. The van der Waals surface area contributed by atoms with Crippen LogP contribution in [0.5, 0.6) is 0 Å². The Morgan fingerprint density at radius 1 is 0.382 bits per heavy atom. The second-order valence-corrected chi connectivity index (χ2v) is 8.37. The van der Waals surface area contributed by atoms with Gasteiger partial charge in [0.05, 0.1) is 22.1 Å². The Morgan fingerprint density at radius 2 is 0.765 bits per heavy atom. The van der Waals surface area contributed by atoms with Crippen LogP contribution >= 0.6 is 0 Å². The number of pyridine rings is 4. The van der Waals surface area contributed by atoms with Gasteiger partial charge in [-0.05, 0) is 58.7 Å². The first-order valence-corrected chi connectivity index (χ1v) is 11.2. The normalized spacial score (nSPS) is 11.5. The molecule has 4 nitrogen and oxygen atoms in total. The van der Waals surface area contributed by atoms with Crippen LogP contribution in [-0.4, -0.2) is 19.9 Å². The highest BCUT2D eigenvalue weighted by Crippen LogP contribution is 2.36. The van der Waals surface area contributed by atoms with E-state index in [0.29, 0.717) is 0 Å². The highest BCUT2D eigenvalue weighted by molar-refractivity contribution is 6.11. The van der Waals surface area contributed by atoms with Crippen LogP contribution in [0.1, 0.15) is 0 Å². The van der Waals surface area contributed by atoms with E-state index in [1.165, 1.54) is 0 Å². The number of nitrogens with zero attached hydrogens (tertiary/aromatic N) is 4. The van der Waals surface area contributed by atoms with Crippen molar-refractivity contribution < 1.29 is 0 Å². The Hall–Kier alpha value is -4.70. The maximum Gasteiger partial charge on any atom is 0.0970 e. The van der Waals surface area contributed by atoms with Gasteiger partial charge in [-0.25, -0.2) is 0 Å². The summed E-state index contributed by atoms with van der Waals surface area (Å²) in [5.41, 5.74) is 8.34. The third-order valence-corrected chi connectivity index (χ3v) is 6.43. The largest absolute Gasteiger partial charge is 0.254 e. The minimum atomic E-state index is 0.929. The number of benzene rings is 3. The smallest absolute Gasteiger partial charge is 0.0970 e. The predicted octanol–water partition coefficient (Wildman–Crippen LogP) is 7.21. The summed E-state index contributed by atoms with van der Waals surface area (Å²) in [6.45, 7) is 0. The summed E-state index contributed by atoms with van der Waals surface area (Å²) in [7, 11) is 0. The average molecular weight is 435 g/mol.